The van der Waals surface area contributed by atoms with Crippen LogP contribution in [0.25, 0.3) is 10.8 Å². The van der Waals surface area contributed by atoms with Crippen LogP contribution in [0, 0.1) is 11.3 Å². The molecule has 0 aromatic heterocycles. The fourth-order valence-electron chi connectivity index (χ4n) is 10.3. The zero-order chi connectivity index (χ0) is 40.2. The zero-order valence-corrected chi connectivity index (χ0v) is 34.4. The van der Waals surface area contributed by atoms with Crippen LogP contribution in [0.5, 0.6) is 11.5 Å². The van der Waals surface area contributed by atoms with Gasteiger partial charge in [0.05, 0.1) is 38.9 Å². The molecule has 0 radical (unpaired) electrons. The fraction of sp³-hybridized carbons (Fsp3) is 0.480. The van der Waals surface area contributed by atoms with Gasteiger partial charge in [-0.2, -0.15) is 0 Å². The zero-order valence-electron chi connectivity index (χ0n) is 34.4. The van der Waals surface area contributed by atoms with E-state index in [1.54, 1.807) is 14.2 Å². The molecule has 4 aromatic rings. The van der Waals surface area contributed by atoms with Gasteiger partial charge in [0.15, 0.2) is 17.3 Å². The van der Waals surface area contributed by atoms with Crippen LogP contribution in [0.2, 0.25) is 0 Å². The van der Waals surface area contributed by atoms with E-state index in [2.05, 4.69) is 62.4 Å². The highest BCUT2D eigenvalue weighted by Gasteiger charge is 2.57. The molecule has 0 spiro atoms. The summed E-state index contributed by atoms with van der Waals surface area (Å²) in [6, 6.07) is 26.3. The van der Waals surface area contributed by atoms with Crippen molar-refractivity contribution in [3.63, 3.8) is 0 Å². The first-order chi connectivity index (χ1) is 27.5. The third kappa shape index (κ3) is 8.71. The van der Waals surface area contributed by atoms with Crippen LogP contribution in [0.4, 0.5) is 0 Å². The topological polar surface area (TPSA) is 96.3 Å². The highest BCUT2D eigenvalue weighted by atomic mass is 16.5. The minimum atomic E-state index is -1.24. The minimum Gasteiger partial charge on any atom is -0.493 e. The molecule has 7 heteroatoms. The lowest BCUT2D eigenvalue weighted by atomic mass is 9.64. The van der Waals surface area contributed by atoms with Gasteiger partial charge in [-0.3, -0.25) is 9.59 Å². The summed E-state index contributed by atoms with van der Waals surface area (Å²) in [6.07, 6.45) is 11.7. The number of fused-ring (bicyclic) bond motifs is 9. The monoisotopic (exact) mass is 771 g/mol. The van der Waals surface area contributed by atoms with Crippen LogP contribution in [0.15, 0.2) is 90.5 Å². The molecule has 4 aliphatic rings. The number of benzene rings is 4. The van der Waals surface area contributed by atoms with Crippen LogP contribution in [-0.2, 0) is 24.2 Å². The Labute approximate surface area is 339 Å². The molecule has 4 aromatic carbocycles. The average molecular weight is 772 g/mol. The molecule has 2 N–H and O–H groups in total. The van der Waals surface area contributed by atoms with E-state index in [1.807, 2.05) is 41.3 Å². The van der Waals surface area contributed by atoms with Gasteiger partial charge in [-0.25, -0.2) is 0 Å². The summed E-state index contributed by atoms with van der Waals surface area (Å²) in [5.41, 5.74) is 3.94. The maximum atomic E-state index is 14.7. The number of rotatable bonds is 10. The van der Waals surface area contributed by atoms with E-state index in [0.29, 0.717) is 50.1 Å². The van der Waals surface area contributed by atoms with Crippen LogP contribution in [-0.4, -0.2) is 59.3 Å². The van der Waals surface area contributed by atoms with Crippen LogP contribution >= 0.6 is 0 Å². The Hall–Kier alpha value is -4.46. The second-order valence-corrected chi connectivity index (χ2v) is 17.4. The van der Waals surface area contributed by atoms with E-state index in [9.17, 15) is 19.8 Å². The quantitative estimate of drug-likeness (QED) is 0.123. The molecule has 2 saturated carbocycles. The Morgan fingerprint density at radius 1 is 0.860 bits per heavy atom. The Kier molecular flexibility index (Phi) is 12.6. The molecule has 7 nitrogen and oxygen atoms in total. The van der Waals surface area contributed by atoms with Gasteiger partial charge in [-0.1, -0.05) is 98.5 Å². The van der Waals surface area contributed by atoms with Crippen molar-refractivity contribution in [3.05, 3.63) is 118 Å². The molecule has 0 heterocycles. The molecule has 0 aliphatic heterocycles. The summed E-state index contributed by atoms with van der Waals surface area (Å²) in [4.78, 5) is 31.2. The summed E-state index contributed by atoms with van der Waals surface area (Å²) in [7, 11) is 3.19. The largest absolute Gasteiger partial charge is 0.493 e. The molecule has 4 atom stereocenters. The lowest BCUT2D eigenvalue weighted by molar-refractivity contribution is -0.140. The van der Waals surface area contributed by atoms with Crippen molar-refractivity contribution in [2.45, 2.75) is 121 Å². The summed E-state index contributed by atoms with van der Waals surface area (Å²) in [5.74, 6) is 1.20. The first kappa shape index (κ1) is 40.7. The number of aliphatic hydroxyl groups excluding tert-OH is 1. The number of hydrogen-bond acceptors (Lipinski definition) is 6. The maximum absolute atomic E-state index is 14.7. The van der Waals surface area contributed by atoms with Gasteiger partial charge >= 0.3 is 0 Å². The summed E-state index contributed by atoms with van der Waals surface area (Å²) in [5, 5.41) is 26.6. The first-order valence-electron chi connectivity index (χ1n) is 21.2. The number of carbonyl (C=O) groups excluding carboxylic acids is 2. The molecular formula is C50H61NO6. The van der Waals surface area contributed by atoms with Crippen LogP contribution in [0.1, 0.15) is 123 Å². The number of Topliss-reactive ketones (excluding diaryl/α,β-unsaturated/α-hetero) is 1. The second kappa shape index (κ2) is 17.6. The van der Waals surface area contributed by atoms with E-state index in [4.69, 9.17) is 9.47 Å². The van der Waals surface area contributed by atoms with Crippen molar-refractivity contribution in [3.8, 4) is 11.5 Å². The molecule has 8 rings (SSSR count). The first-order valence-corrected chi connectivity index (χ1v) is 21.2. The van der Waals surface area contributed by atoms with Crippen molar-refractivity contribution in [1.82, 2.24) is 4.90 Å². The van der Waals surface area contributed by atoms with Gasteiger partial charge in [-0.15, -0.1) is 0 Å². The van der Waals surface area contributed by atoms with Crippen LogP contribution in [0.3, 0.4) is 0 Å². The van der Waals surface area contributed by atoms with Gasteiger partial charge in [0.1, 0.15) is 0 Å². The van der Waals surface area contributed by atoms with E-state index >= 15 is 0 Å². The SMILES string of the molecule is COc1ccc(CC(=O)N(Cc2cccc3ccccc23)C[C@]2(O)CC[C@H]3c4ccc(cc4C(=O)C4CCCCC4)C[C@@H](O)CCC(C)=CCC[C@@]32C)cc1OC. The molecule has 57 heavy (non-hydrogen) atoms. The number of nitrogens with zero attached hydrogens (tertiary/aromatic N) is 1. The minimum absolute atomic E-state index is 0.000861. The Morgan fingerprint density at radius 3 is 2.42 bits per heavy atom. The lowest BCUT2D eigenvalue weighted by Gasteiger charge is -2.46. The van der Waals surface area contributed by atoms with E-state index in [1.165, 1.54) is 12.0 Å². The predicted octanol–water partition coefficient (Wildman–Crippen LogP) is 9.93. The molecule has 0 unspecified atom stereocenters. The summed E-state index contributed by atoms with van der Waals surface area (Å²) < 4.78 is 11.1. The Balaban J connectivity index is 1.29. The van der Waals surface area contributed by atoms with Gasteiger partial charge in [0.2, 0.25) is 5.91 Å². The summed E-state index contributed by atoms with van der Waals surface area (Å²) >= 11 is 0. The Bertz CT molecular complexity index is 2090. The highest BCUT2D eigenvalue weighted by molar-refractivity contribution is 5.99. The molecule has 0 saturated heterocycles. The molecular weight excluding hydrogens is 711 g/mol. The number of allylic oxidation sites excluding steroid dienone is 2. The standard InChI is InChI=1S/C50H61NO6/c1-34-12-11-26-49(2)44(42-23-20-35(28-40(52)22-19-34)29-43(42)48(54)38-14-6-5-7-15-38)25-27-50(49,55)33-51(32-39-17-10-16-37-13-8-9-18-41(37)39)47(53)31-36-21-24-45(56-3)46(30-36)57-4/h8-10,12-13,16-18,20-21,23-24,29-30,38,40,44,52,55H,5-7,11,14-15,19,22,25-28,31-33H2,1-4H3/t40-,44-,49-,50+/m0/s1. The number of ketones is 1. The van der Waals surface area contributed by atoms with Crippen molar-refractivity contribution in [1.29, 1.82) is 0 Å². The third-order valence-corrected chi connectivity index (χ3v) is 13.8. The van der Waals surface area contributed by atoms with Crippen molar-refractivity contribution >= 4 is 22.5 Å². The van der Waals surface area contributed by atoms with Crippen molar-refractivity contribution in [2.24, 2.45) is 11.3 Å². The van der Waals surface area contributed by atoms with Gasteiger partial charge in [0.25, 0.3) is 0 Å². The molecule has 4 aliphatic carbocycles. The number of methoxy groups -OCH3 is 2. The fourth-order valence-corrected chi connectivity index (χ4v) is 10.3. The molecule has 302 valence electrons. The highest BCUT2D eigenvalue weighted by Crippen LogP contribution is 2.59. The van der Waals surface area contributed by atoms with Gasteiger partial charge < -0.3 is 24.6 Å². The van der Waals surface area contributed by atoms with Gasteiger partial charge in [0, 0.05) is 23.4 Å². The number of hydrogen-bond donors (Lipinski definition) is 2. The smallest absolute Gasteiger partial charge is 0.227 e. The number of ether oxygens (including phenoxy) is 2. The normalized spacial score (nSPS) is 24.4. The number of aliphatic hydroxyl groups is 2. The molecule has 1 amide bonds. The van der Waals surface area contributed by atoms with E-state index in [-0.39, 0.29) is 36.5 Å². The van der Waals surface area contributed by atoms with Gasteiger partial charge in [-0.05, 0) is 122 Å². The average Bonchev–Trinajstić information content (AvgIpc) is 3.48. The van der Waals surface area contributed by atoms with E-state index in [0.717, 1.165) is 77.1 Å². The van der Waals surface area contributed by atoms with Crippen molar-refractivity contribution in [2.75, 3.05) is 20.8 Å². The Morgan fingerprint density at radius 2 is 1.63 bits per heavy atom. The van der Waals surface area contributed by atoms with Crippen LogP contribution < -0.4 is 9.47 Å². The maximum Gasteiger partial charge on any atom is 0.227 e. The molecule has 2 bridgehead atoms. The molecule has 2 fully saturated rings. The second-order valence-electron chi connectivity index (χ2n) is 17.4. The third-order valence-electron chi connectivity index (χ3n) is 13.8. The number of amides is 1. The van der Waals surface area contributed by atoms with E-state index < -0.39 is 17.1 Å². The lowest BCUT2D eigenvalue weighted by Crippen LogP contribution is -2.53. The predicted molar refractivity (Wildman–Crippen MR) is 227 cm³/mol. The number of carbonyl (C=O) groups is 2. The summed E-state index contributed by atoms with van der Waals surface area (Å²) in [6.45, 7) is 4.85. The van der Waals surface area contributed by atoms with Crippen molar-refractivity contribution < 1.29 is 29.3 Å².